The van der Waals surface area contributed by atoms with Gasteiger partial charge >= 0.3 is 5.97 Å². The molecule has 2 aromatic rings. The molecule has 0 aliphatic heterocycles. The Morgan fingerprint density at radius 3 is 2.59 bits per heavy atom. The molecule has 0 unspecified atom stereocenters. The molecule has 158 valence electrons. The number of nitrogens with zero attached hydrogens (tertiary/aromatic N) is 1. The van der Waals surface area contributed by atoms with E-state index >= 15 is 0 Å². The predicted molar refractivity (Wildman–Crippen MR) is 109 cm³/mol. The van der Waals surface area contributed by atoms with Gasteiger partial charge in [-0.3, -0.25) is 0 Å². The number of carbonyl (C=O) groups is 1. The molecule has 1 aromatic heterocycles. The van der Waals surface area contributed by atoms with Crippen molar-refractivity contribution in [1.82, 2.24) is 4.98 Å². The third-order valence-corrected chi connectivity index (χ3v) is 5.59. The normalized spacial score (nSPS) is 20.0. The molecule has 1 aliphatic carbocycles. The molecular weight excluding hydrogens is 370 g/mol. The van der Waals surface area contributed by atoms with Crippen LogP contribution in [0, 0.1) is 18.8 Å². The molecule has 0 bridgehead atoms. The van der Waals surface area contributed by atoms with E-state index in [-0.39, 0.29) is 0 Å². The molecule has 2 atom stereocenters. The first-order chi connectivity index (χ1) is 13.8. The summed E-state index contributed by atoms with van der Waals surface area (Å²) in [6.07, 6.45) is 4.33. The zero-order valence-corrected chi connectivity index (χ0v) is 17.5. The van der Waals surface area contributed by atoms with Crippen LogP contribution in [0.3, 0.4) is 0 Å². The summed E-state index contributed by atoms with van der Waals surface area (Å²) in [5, 5.41) is 9.19. The van der Waals surface area contributed by atoms with Crippen LogP contribution in [-0.4, -0.2) is 34.9 Å². The smallest absolute Gasteiger partial charge is 0.335 e. The number of carboxylic acids is 1. The van der Waals surface area contributed by atoms with Crippen LogP contribution in [0.4, 0.5) is 0 Å². The molecule has 1 N–H and O–H groups in total. The van der Waals surface area contributed by atoms with Gasteiger partial charge in [0.25, 0.3) is 0 Å². The van der Waals surface area contributed by atoms with Crippen molar-refractivity contribution in [2.45, 2.75) is 58.7 Å². The van der Waals surface area contributed by atoms with E-state index in [1.165, 1.54) is 0 Å². The molecule has 0 amide bonds. The quantitative estimate of drug-likeness (QED) is 0.647. The highest BCUT2D eigenvalue weighted by Crippen LogP contribution is 2.31. The molecule has 1 aliphatic rings. The summed E-state index contributed by atoms with van der Waals surface area (Å²) >= 11 is 0. The monoisotopic (exact) mass is 401 g/mol. The molecule has 29 heavy (non-hydrogen) atoms. The van der Waals surface area contributed by atoms with Crippen LogP contribution >= 0.6 is 0 Å². The summed E-state index contributed by atoms with van der Waals surface area (Å²) in [7, 11) is 0. The summed E-state index contributed by atoms with van der Waals surface area (Å²) in [6, 6.07) is 9.85. The lowest BCUT2D eigenvalue weighted by molar-refractivity contribution is -0.163. The maximum atomic E-state index is 11.2. The second-order valence-electron chi connectivity index (χ2n) is 8.43. The third kappa shape index (κ3) is 5.90. The average molecular weight is 402 g/mol. The first-order valence-corrected chi connectivity index (χ1v) is 10.3. The van der Waals surface area contributed by atoms with E-state index in [2.05, 4.69) is 4.98 Å². The molecule has 0 saturated heterocycles. The number of carboxylic acid groups (broad SMARTS) is 1. The number of hydrogen-bond acceptors (Lipinski definition) is 5. The Hall–Kier alpha value is -2.18. The highest BCUT2D eigenvalue weighted by molar-refractivity contribution is 5.76. The van der Waals surface area contributed by atoms with Crippen molar-refractivity contribution in [3.8, 4) is 11.5 Å². The minimum absolute atomic E-state index is 0.384. The second-order valence-corrected chi connectivity index (χ2v) is 8.43. The first-order valence-electron chi connectivity index (χ1n) is 10.3. The fraction of sp³-hybridized carbons (Fsp3) is 0.565. The molecule has 6 heteroatoms. The Labute approximate surface area is 172 Å². The molecule has 3 rings (SSSR count). The van der Waals surface area contributed by atoms with Crippen LogP contribution < -0.4 is 0 Å². The minimum atomic E-state index is -1.13. The Morgan fingerprint density at radius 2 is 1.90 bits per heavy atom. The van der Waals surface area contributed by atoms with Gasteiger partial charge in [-0.15, -0.1) is 0 Å². The molecule has 0 radical (unpaired) electrons. The molecule has 1 saturated carbocycles. The zero-order valence-electron chi connectivity index (χ0n) is 17.5. The molecule has 1 aromatic carbocycles. The van der Waals surface area contributed by atoms with Crippen LogP contribution in [0.2, 0.25) is 0 Å². The van der Waals surface area contributed by atoms with Gasteiger partial charge in [0.05, 0.1) is 13.2 Å². The predicted octanol–water partition coefficient (Wildman–Crippen LogP) is 4.85. The zero-order chi connectivity index (χ0) is 20.9. The van der Waals surface area contributed by atoms with E-state index < -0.39 is 11.6 Å². The number of hydrogen-bond donors (Lipinski definition) is 1. The van der Waals surface area contributed by atoms with E-state index in [1.54, 1.807) is 13.8 Å². The van der Waals surface area contributed by atoms with Crippen LogP contribution in [0.25, 0.3) is 11.5 Å². The van der Waals surface area contributed by atoms with Gasteiger partial charge in [0.15, 0.2) is 5.60 Å². The van der Waals surface area contributed by atoms with Crippen LogP contribution in [-0.2, 0) is 20.9 Å². The highest BCUT2D eigenvalue weighted by atomic mass is 16.5. The van der Waals surface area contributed by atoms with E-state index in [9.17, 15) is 9.90 Å². The number of aryl methyl sites for hydroxylation is 1. The summed E-state index contributed by atoms with van der Waals surface area (Å²) in [6.45, 7) is 6.71. The molecule has 1 heterocycles. The number of ether oxygens (including phenoxy) is 2. The van der Waals surface area contributed by atoms with Crippen LogP contribution in [0.1, 0.15) is 51.0 Å². The fourth-order valence-electron chi connectivity index (χ4n) is 3.68. The molecule has 1 fully saturated rings. The van der Waals surface area contributed by atoms with Crippen molar-refractivity contribution in [2.75, 3.05) is 13.2 Å². The second kappa shape index (κ2) is 9.55. The SMILES string of the molecule is Cc1oc(-c2ccccc2)nc1COC[C@H]1CCC[C@@H](COC(C)(C)C(=O)O)C1. The standard InChI is InChI=1S/C23H31NO5/c1-16-20(24-21(29-16)19-10-5-4-6-11-19)15-27-13-17-8-7-9-18(12-17)14-28-23(2,3)22(25)26/h4-6,10-11,17-18H,7-9,12-15H2,1-3H3,(H,25,26)/t17-,18+/m0/s1. The number of aliphatic carboxylic acids is 1. The van der Waals surface area contributed by atoms with Crippen molar-refractivity contribution in [1.29, 1.82) is 0 Å². The lowest BCUT2D eigenvalue weighted by Crippen LogP contribution is -2.37. The maximum absolute atomic E-state index is 11.2. The lowest BCUT2D eigenvalue weighted by atomic mass is 9.82. The van der Waals surface area contributed by atoms with Gasteiger partial charge in [0, 0.05) is 12.2 Å². The molecule has 6 nitrogen and oxygen atoms in total. The van der Waals surface area contributed by atoms with Gasteiger partial charge in [0.1, 0.15) is 11.5 Å². The summed E-state index contributed by atoms with van der Waals surface area (Å²) in [4.78, 5) is 15.8. The summed E-state index contributed by atoms with van der Waals surface area (Å²) in [5.74, 6) is 1.33. The topological polar surface area (TPSA) is 81.8 Å². The van der Waals surface area contributed by atoms with Crippen molar-refractivity contribution >= 4 is 5.97 Å². The Balaban J connectivity index is 1.46. The van der Waals surface area contributed by atoms with E-state index in [0.717, 1.165) is 42.7 Å². The largest absolute Gasteiger partial charge is 0.479 e. The van der Waals surface area contributed by atoms with E-state index in [1.807, 2.05) is 37.3 Å². The summed E-state index contributed by atoms with van der Waals surface area (Å²) in [5.41, 5.74) is 0.661. The summed E-state index contributed by atoms with van der Waals surface area (Å²) < 4.78 is 17.4. The first kappa shape index (κ1) is 21.5. The number of rotatable bonds is 9. The third-order valence-electron chi connectivity index (χ3n) is 5.59. The van der Waals surface area contributed by atoms with E-state index in [0.29, 0.717) is 37.5 Å². The van der Waals surface area contributed by atoms with E-state index in [4.69, 9.17) is 13.9 Å². The maximum Gasteiger partial charge on any atom is 0.335 e. The minimum Gasteiger partial charge on any atom is -0.479 e. The van der Waals surface area contributed by atoms with Crippen molar-refractivity contribution in [3.63, 3.8) is 0 Å². The van der Waals surface area contributed by atoms with Gasteiger partial charge in [-0.2, -0.15) is 0 Å². The van der Waals surface area contributed by atoms with Crippen molar-refractivity contribution in [2.24, 2.45) is 11.8 Å². The highest BCUT2D eigenvalue weighted by Gasteiger charge is 2.30. The van der Waals surface area contributed by atoms with Crippen LogP contribution in [0.5, 0.6) is 0 Å². The Kier molecular flexibility index (Phi) is 7.09. The Bertz CT molecular complexity index is 799. The molecule has 0 spiro atoms. The number of oxazole rings is 1. The van der Waals surface area contributed by atoms with Gasteiger partial charge in [0.2, 0.25) is 5.89 Å². The van der Waals surface area contributed by atoms with Gasteiger partial charge in [-0.1, -0.05) is 24.6 Å². The van der Waals surface area contributed by atoms with Gasteiger partial charge in [-0.05, 0) is 64.0 Å². The molecular formula is C23H31NO5. The number of benzene rings is 1. The average Bonchev–Trinajstić information content (AvgIpc) is 3.08. The van der Waals surface area contributed by atoms with Gasteiger partial charge < -0.3 is 19.0 Å². The Morgan fingerprint density at radius 1 is 1.21 bits per heavy atom. The van der Waals surface area contributed by atoms with Crippen LogP contribution in [0.15, 0.2) is 34.7 Å². The van der Waals surface area contributed by atoms with Crippen molar-refractivity contribution in [3.05, 3.63) is 41.8 Å². The van der Waals surface area contributed by atoms with Gasteiger partial charge in [-0.25, -0.2) is 9.78 Å². The van der Waals surface area contributed by atoms with Crippen molar-refractivity contribution < 1.29 is 23.8 Å². The number of aromatic nitrogens is 1. The lowest BCUT2D eigenvalue weighted by Gasteiger charge is -2.31. The fourth-order valence-corrected chi connectivity index (χ4v) is 3.68.